The normalized spacial score (nSPS) is 27.3. The number of nitrogens with one attached hydrogen (secondary N) is 1. The molecule has 10 heavy (non-hydrogen) atoms. The summed E-state index contributed by atoms with van der Waals surface area (Å²) in [4.78, 5) is 0. The van der Waals surface area contributed by atoms with E-state index in [1.165, 1.54) is 12.8 Å². The van der Waals surface area contributed by atoms with Crippen LogP contribution in [0.4, 0.5) is 0 Å². The maximum atomic E-state index is 4.41. The average Bonchev–Trinajstić information content (AvgIpc) is 2.12. The summed E-state index contributed by atoms with van der Waals surface area (Å²) in [5.41, 5.74) is 0.221. The van der Waals surface area contributed by atoms with E-state index in [1.807, 2.05) is 0 Å². The van der Waals surface area contributed by atoms with Gasteiger partial charge in [-0.25, -0.2) is 5.32 Å². The van der Waals surface area contributed by atoms with Gasteiger partial charge in [0.05, 0.1) is 6.17 Å². The molecule has 59 valence electrons. The summed E-state index contributed by atoms with van der Waals surface area (Å²) in [5.74, 6) is 0. The van der Waals surface area contributed by atoms with Crippen molar-refractivity contribution >= 4 is 0 Å². The van der Waals surface area contributed by atoms with Crippen molar-refractivity contribution in [3.8, 4) is 0 Å². The quantitative estimate of drug-likeness (QED) is 0.581. The molecule has 0 spiro atoms. The SMILES string of the molecule is CC(C)(C)NC1CCC[N]1. The van der Waals surface area contributed by atoms with Crippen molar-refractivity contribution in [3.63, 3.8) is 0 Å². The second-order valence-corrected chi connectivity index (χ2v) is 3.96. The molecular weight excluding hydrogens is 124 g/mol. The zero-order valence-electron chi connectivity index (χ0n) is 7.15. The van der Waals surface area contributed by atoms with Crippen LogP contribution in [0, 0.1) is 0 Å². The van der Waals surface area contributed by atoms with Crippen molar-refractivity contribution in [2.45, 2.75) is 45.3 Å². The van der Waals surface area contributed by atoms with Gasteiger partial charge < -0.3 is 0 Å². The van der Waals surface area contributed by atoms with Gasteiger partial charge in [-0.05, 0) is 33.6 Å². The largest absolute Gasteiger partial charge is 0.296 e. The molecule has 0 saturated carbocycles. The summed E-state index contributed by atoms with van der Waals surface area (Å²) < 4.78 is 0. The monoisotopic (exact) mass is 141 g/mol. The molecule has 1 fully saturated rings. The summed E-state index contributed by atoms with van der Waals surface area (Å²) in [6.07, 6.45) is 2.91. The highest BCUT2D eigenvalue weighted by Gasteiger charge is 2.20. The van der Waals surface area contributed by atoms with Crippen LogP contribution < -0.4 is 10.6 Å². The van der Waals surface area contributed by atoms with E-state index in [0.717, 1.165) is 6.54 Å². The van der Waals surface area contributed by atoms with E-state index in [2.05, 4.69) is 31.4 Å². The summed E-state index contributed by atoms with van der Waals surface area (Å²) >= 11 is 0. The van der Waals surface area contributed by atoms with Crippen molar-refractivity contribution in [2.75, 3.05) is 6.54 Å². The van der Waals surface area contributed by atoms with Gasteiger partial charge in [-0.1, -0.05) is 0 Å². The van der Waals surface area contributed by atoms with Gasteiger partial charge in [0.2, 0.25) is 0 Å². The van der Waals surface area contributed by atoms with Crippen LogP contribution in [0.2, 0.25) is 0 Å². The third-order valence-electron chi connectivity index (χ3n) is 1.58. The van der Waals surface area contributed by atoms with Crippen molar-refractivity contribution in [1.82, 2.24) is 10.6 Å². The van der Waals surface area contributed by atoms with Crippen LogP contribution in [0.5, 0.6) is 0 Å². The zero-order valence-corrected chi connectivity index (χ0v) is 7.15. The molecule has 0 aliphatic carbocycles. The van der Waals surface area contributed by atoms with Crippen LogP contribution in [0.25, 0.3) is 0 Å². The van der Waals surface area contributed by atoms with Crippen LogP contribution >= 0.6 is 0 Å². The van der Waals surface area contributed by atoms with Gasteiger partial charge in [0.1, 0.15) is 0 Å². The van der Waals surface area contributed by atoms with Crippen molar-refractivity contribution in [2.24, 2.45) is 0 Å². The molecule has 0 bridgehead atoms. The Balaban J connectivity index is 2.24. The molecule has 1 radical (unpaired) electrons. The molecule has 1 saturated heterocycles. The lowest BCUT2D eigenvalue weighted by Gasteiger charge is -2.24. The summed E-state index contributed by atoms with van der Waals surface area (Å²) in [6.45, 7) is 7.59. The zero-order chi connectivity index (χ0) is 7.61. The lowest BCUT2D eigenvalue weighted by atomic mass is 10.1. The van der Waals surface area contributed by atoms with Crippen LogP contribution in [-0.2, 0) is 0 Å². The molecule has 0 amide bonds. The maximum Gasteiger partial charge on any atom is 0.0740 e. The summed E-state index contributed by atoms with van der Waals surface area (Å²) in [7, 11) is 0. The predicted octanol–water partition coefficient (Wildman–Crippen LogP) is 1.10. The Morgan fingerprint density at radius 1 is 1.40 bits per heavy atom. The molecule has 2 heteroatoms. The molecule has 1 N–H and O–H groups in total. The first-order chi connectivity index (χ1) is 4.58. The van der Waals surface area contributed by atoms with Gasteiger partial charge in [0.15, 0.2) is 0 Å². The minimum absolute atomic E-state index is 0.221. The van der Waals surface area contributed by atoms with E-state index < -0.39 is 0 Å². The van der Waals surface area contributed by atoms with Gasteiger partial charge in [-0.15, -0.1) is 0 Å². The van der Waals surface area contributed by atoms with Gasteiger partial charge in [0, 0.05) is 12.1 Å². The Hall–Kier alpha value is -0.0800. The Bertz CT molecular complexity index is 98.3. The Morgan fingerprint density at radius 3 is 2.50 bits per heavy atom. The van der Waals surface area contributed by atoms with Gasteiger partial charge in [-0.2, -0.15) is 0 Å². The lowest BCUT2D eigenvalue weighted by molar-refractivity contribution is 0.339. The fourth-order valence-electron chi connectivity index (χ4n) is 1.24. The minimum Gasteiger partial charge on any atom is -0.296 e. The first kappa shape index (κ1) is 8.02. The third-order valence-corrected chi connectivity index (χ3v) is 1.58. The second kappa shape index (κ2) is 2.89. The Kier molecular flexibility index (Phi) is 2.32. The van der Waals surface area contributed by atoms with E-state index in [1.54, 1.807) is 0 Å². The van der Waals surface area contributed by atoms with E-state index in [0.29, 0.717) is 6.17 Å². The predicted molar refractivity (Wildman–Crippen MR) is 42.9 cm³/mol. The molecule has 1 atom stereocenters. The smallest absolute Gasteiger partial charge is 0.0740 e. The second-order valence-electron chi connectivity index (χ2n) is 3.96. The number of hydrogen-bond donors (Lipinski definition) is 1. The highest BCUT2D eigenvalue weighted by atomic mass is 15.2. The third kappa shape index (κ3) is 2.67. The number of hydrogen-bond acceptors (Lipinski definition) is 1. The first-order valence-corrected chi connectivity index (χ1v) is 4.02. The minimum atomic E-state index is 0.221. The van der Waals surface area contributed by atoms with E-state index >= 15 is 0 Å². The van der Waals surface area contributed by atoms with Crippen LogP contribution in [0.1, 0.15) is 33.6 Å². The van der Waals surface area contributed by atoms with Crippen molar-refractivity contribution in [1.29, 1.82) is 0 Å². The van der Waals surface area contributed by atoms with Crippen molar-refractivity contribution in [3.05, 3.63) is 0 Å². The topological polar surface area (TPSA) is 26.1 Å². The molecule has 0 aromatic carbocycles. The van der Waals surface area contributed by atoms with Crippen molar-refractivity contribution < 1.29 is 0 Å². The van der Waals surface area contributed by atoms with Gasteiger partial charge >= 0.3 is 0 Å². The lowest BCUT2D eigenvalue weighted by Crippen LogP contribution is -2.45. The molecule has 1 aliphatic rings. The number of rotatable bonds is 1. The number of nitrogens with zero attached hydrogens (tertiary/aromatic N) is 1. The van der Waals surface area contributed by atoms with Gasteiger partial charge in [-0.3, -0.25) is 5.32 Å². The Labute approximate surface area is 63.4 Å². The van der Waals surface area contributed by atoms with Crippen LogP contribution in [0.3, 0.4) is 0 Å². The molecule has 0 aromatic rings. The highest BCUT2D eigenvalue weighted by Crippen LogP contribution is 2.08. The fraction of sp³-hybridized carbons (Fsp3) is 1.00. The first-order valence-electron chi connectivity index (χ1n) is 4.02. The molecule has 0 aromatic heterocycles. The molecular formula is C8H17N2. The maximum absolute atomic E-state index is 4.41. The fourth-order valence-corrected chi connectivity index (χ4v) is 1.24. The summed E-state index contributed by atoms with van der Waals surface area (Å²) in [5, 5.41) is 7.86. The Morgan fingerprint density at radius 2 is 2.10 bits per heavy atom. The van der Waals surface area contributed by atoms with E-state index in [9.17, 15) is 0 Å². The van der Waals surface area contributed by atoms with Crippen LogP contribution in [0.15, 0.2) is 0 Å². The molecule has 1 rings (SSSR count). The molecule has 1 heterocycles. The molecule has 1 unspecified atom stereocenters. The molecule has 2 nitrogen and oxygen atoms in total. The van der Waals surface area contributed by atoms with Gasteiger partial charge in [0.25, 0.3) is 0 Å². The highest BCUT2D eigenvalue weighted by molar-refractivity contribution is 4.79. The summed E-state index contributed by atoms with van der Waals surface area (Å²) in [6, 6.07) is 0. The van der Waals surface area contributed by atoms with E-state index in [-0.39, 0.29) is 5.54 Å². The van der Waals surface area contributed by atoms with E-state index in [4.69, 9.17) is 0 Å². The average molecular weight is 141 g/mol. The molecule has 1 aliphatic heterocycles. The van der Waals surface area contributed by atoms with Crippen LogP contribution in [-0.4, -0.2) is 18.2 Å². The standard InChI is InChI=1S/C8H17N2/c1-8(2,3)10-7-5-4-6-9-7/h7,10H,4-6H2,1-3H3.